The number of carbonyl (C=O) groups is 1. The molecule has 3 rings (SSSR count). The molecule has 0 amide bonds. The molecule has 0 aromatic carbocycles. The van der Waals surface area contributed by atoms with Gasteiger partial charge < -0.3 is 10.4 Å². The van der Waals surface area contributed by atoms with Gasteiger partial charge in [0, 0.05) is 18.6 Å². The van der Waals surface area contributed by atoms with Crippen molar-refractivity contribution in [3.63, 3.8) is 0 Å². The molecule has 6 heteroatoms. The van der Waals surface area contributed by atoms with Crippen LogP contribution in [-0.2, 0) is 0 Å². The fraction of sp³-hybridized carbons (Fsp3) is 0.643. The van der Waals surface area contributed by atoms with Crippen LogP contribution in [0.1, 0.15) is 40.9 Å². The van der Waals surface area contributed by atoms with Gasteiger partial charge in [0.15, 0.2) is 5.82 Å². The van der Waals surface area contributed by atoms with Crippen molar-refractivity contribution in [3.05, 3.63) is 16.8 Å². The van der Waals surface area contributed by atoms with Gasteiger partial charge in [-0.05, 0) is 45.2 Å². The number of carboxylic acids is 1. The van der Waals surface area contributed by atoms with Gasteiger partial charge in [-0.3, -0.25) is 4.90 Å². The summed E-state index contributed by atoms with van der Waals surface area (Å²) in [4.78, 5) is 14.0. The van der Waals surface area contributed by atoms with Crippen LogP contribution < -0.4 is 5.32 Å². The average molecular weight is 276 g/mol. The summed E-state index contributed by atoms with van der Waals surface area (Å²) < 4.78 is 0. The van der Waals surface area contributed by atoms with Crippen LogP contribution in [0.4, 0.5) is 5.82 Å². The van der Waals surface area contributed by atoms with Gasteiger partial charge in [-0.25, -0.2) is 4.79 Å². The molecular weight excluding hydrogens is 256 g/mol. The Morgan fingerprint density at radius 2 is 2.10 bits per heavy atom. The van der Waals surface area contributed by atoms with E-state index in [1.165, 1.54) is 12.8 Å². The Morgan fingerprint density at radius 1 is 1.30 bits per heavy atom. The van der Waals surface area contributed by atoms with E-state index < -0.39 is 5.97 Å². The first-order chi connectivity index (χ1) is 9.58. The summed E-state index contributed by atoms with van der Waals surface area (Å²) in [7, 11) is 0. The molecule has 2 fully saturated rings. The summed E-state index contributed by atoms with van der Waals surface area (Å²) in [5.74, 6) is -0.524. The van der Waals surface area contributed by atoms with Crippen molar-refractivity contribution in [1.29, 1.82) is 0 Å². The highest BCUT2D eigenvalue weighted by atomic mass is 16.4. The second kappa shape index (κ2) is 5.01. The molecular formula is C14H20N4O2. The number of nitrogens with zero attached hydrogens (tertiary/aromatic N) is 3. The van der Waals surface area contributed by atoms with Crippen LogP contribution in [-0.4, -0.2) is 51.3 Å². The van der Waals surface area contributed by atoms with Gasteiger partial charge in [-0.2, -0.15) is 5.10 Å². The van der Waals surface area contributed by atoms with Crippen molar-refractivity contribution >= 4 is 11.8 Å². The van der Waals surface area contributed by atoms with Crippen molar-refractivity contribution in [1.82, 2.24) is 15.1 Å². The normalized spacial score (nSPS) is 25.7. The zero-order valence-electron chi connectivity index (χ0n) is 11.9. The number of hydrogen-bond acceptors (Lipinski definition) is 5. The highest BCUT2D eigenvalue weighted by Crippen LogP contribution is 2.30. The molecule has 0 spiro atoms. The first kappa shape index (κ1) is 13.3. The van der Waals surface area contributed by atoms with Crippen molar-refractivity contribution < 1.29 is 9.90 Å². The number of nitrogens with one attached hydrogen (secondary N) is 1. The highest BCUT2D eigenvalue weighted by Gasteiger charge is 2.37. The predicted molar refractivity (Wildman–Crippen MR) is 75.1 cm³/mol. The van der Waals surface area contributed by atoms with Gasteiger partial charge >= 0.3 is 5.97 Å². The molecule has 3 heterocycles. The van der Waals surface area contributed by atoms with Gasteiger partial charge in [0.25, 0.3) is 0 Å². The van der Waals surface area contributed by atoms with Crippen LogP contribution in [0.5, 0.6) is 0 Å². The van der Waals surface area contributed by atoms with Crippen LogP contribution >= 0.6 is 0 Å². The molecule has 2 aliphatic rings. The predicted octanol–water partition coefficient (Wildman–Crippen LogP) is 1.44. The minimum atomic E-state index is -0.940. The highest BCUT2D eigenvalue weighted by molar-refractivity contribution is 5.94. The number of anilines is 1. The van der Waals surface area contributed by atoms with Crippen molar-refractivity contribution in [2.24, 2.45) is 0 Å². The van der Waals surface area contributed by atoms with E-state index in [9.17, 15) is 9.90 Å². The smallest absolute Gasteiger partial charge is 0.339 e. The standard InChI is InChI=1S/C14H20N4O2/c1-8-9(2)16-17-13(12(8)14(19)20)15-10-5-7-18-6-3-4-11(10)18/h10-11H,3-7H2,1-2H3,(H,15,17)(H,19,20). The Bertz CT molecular complexity index is 546. The van der Waals surface area contributed by atoms with Gasteiger partial charge in [0.05, 0.1) is 5.69 Å². The van der Waals surface area contributed by atoms with E-state index >= 15 is 0 Å². The van der Waals surface area contributed by atoms with E-state index in [4.69, 9.17) is 0 Å². The molecule has 0 radical (unpaired) electrons. The third kappa shape index (κ3) is 2.14. The molecule has 1 aromatic heterocycles. The van der Waals surface area contributed by atoms with E-state index in [2.05, 4.69) is 20.4 Å². The zero-order chi connectivity index (χ0) is 14.3. The van der Waals surface area contributed by atoms with Gasteiger partial charge in [0.2, 0.25) is 0 Å². The number of aromatic carboxylic acids is 1. The third-order valence-electron chi connectivity index (χ3n) is 4.60. The largest absolute Gasteiger partial charge is 0.478 e. The Balaban J connectivity index is 1.87. The molecule has 0 bridgehead atoms. The number of aryl methyl sites for hydroxylation is 1. The summed E-state index contributed by atoms with van der Waals surface area (Å²) in [5.41, 5.74) is 1.62. The number of carboxylic acid groups (broad SMARTS) is 1. The average Bonchev–Trinajstić information content (AvgIpc) is 2.98. The van der Waals surface area contributed by atoms with E-state index in [-0.39, 0.29) is 11.6 Å². The summed E-state index contributed by atoms with van der Waals surface area (Å²) >= 11 is 0. The maximum Gasteiger partial charge on any atom is 0.339 e. The molecule has 0 aliphatic carbocycles. The summed E-state index contributed by atoms with van der Waals surface area (Å²) in [6, 6.07) is 0.798. The van der Waals surface area contributed by atoms with Crippen LogP contribution in [0.15, 0.2) is 0 Å². The van der Waals surface area contributed by atoms with E-state index in [1.54, 1.807) is 13.8 Å². The topological polar surface area (TPSA) is 78.4 Å². The van der Waals surface area contributed by atoms with Crippen molar-refractivity contribution in [3.8, 4) is 0 Å². The molecule has 108 valence electrons. The Kier molecular flexibility index (Phi) is 3.33. The lowest BCUT2D eigenvalue weighted by atomic mass is 10.1. The SMILES string of the molecule is Cc1nnc(NC2CCN3CCCC23)c(C(=O)O)c1C. The summed E-state index contributed by atoms with van der Waals surface area (Å²) in [5, 5.41) is 20.9. The first-order valence-corrected chi connectivity index (χ1v) is 7.15. The summed E-state index contributed by atoms with van der Waals surface area (Å²) in [6.07, 6.45) is 3.45. The van der Waals surface area contributed by atoms with E-state index in [1.807, 2.05) is 0 Å². The molecule has 2 unspecified atom stereocenters. The first-order valence-electron chi connectivity index (χ1n) is 7.15. The molecule has 6 nitrogen and oxygen atoms in total. The van der Waals surface area contributed by atoms with Crippen molar-refractivity contribution in [2.45, 2.75) is 45.2 Å². The molecule has 2 aliphatic heterocycles. The number of aromatic nitrogens is 2. The lowest BCUT2D eigenvalue weighted by Gasteiger charge is -2.22. The third-order valence-corrected chi connectivity index (χ3v) is 4.60. The number of hydrogen-bond donors (Lipinski definition) is 2. The summed E-state index contributed by atoms with van der Waals surface area (Å²) in [6.45, 7) is 5.82. The maximum atomic E-state index is 11.5. The molecule has 2 N–H and O–H groups in total. The Morgan fingerprint density at radius 3 is 2.85 bits per heavy atom. The van der Waals surface area contributed by atoms with Crippen LogP contribution in [0.25, 0.3) is 0 Å². The lowest BCUT2D eigenvalue weighted by Crippen LogP contribution is -2.34. The van der Waals surface area contributed by atoms with Crippen LogP contribution in [0, 0.1) is 13.8 Å². The zero-order valence-corrected chi connectivity index (χ0v) is 11.9. The van der Waals surface area contributed by atoms with Gasteiger partial charge in [-0.1, -0.05) is 0 Å². The van der Waals surface area contributed by atoms with E-state index in [0.717, 1.165) is 19.5 Å². The van der Waals surface area contributed by atoms with Crippen LogP contribution in [0.3, 0.4) is 0 Å². The minimum absolute atomic E-state index is 0.258. The fourth-order valence-electron chi connectivity index (χ4n) is 3.40. The monoisotopic (exact) mass is 276 g/mol. The molecule has 2 atom stereocenters. The quantitative estimate of drug-likeness (QED) is 0.869. The molecule has 2 saturated heterocycles. The molecule has 1 aromatic rings. The van der Waals surface area contributed by atoms with Crippen LogP contribution in [0.2, 0.25) is 0 Å². The van der Waals surface area contributed by atoms with Gasteiger partial charge in [0.1, 0.15) is 5.56 Å². The van der Waals surface area contributed by atoms with Gasteiger partial charge in [-0.15, -0.1) is 5.10 Å². The molecule has 20 heavy (non-hydrogen) atoms. The Hall–Kier alpha value is -1.69. The lowest BCUT2D eigenvalue weighted by molar-refractivity contribution is 0.0696. The second-order valence-electron chi connectivity index (χ2n) is 5.72. The number of fused-ring (bicyclic) bond motifs is 1. The fourth-order valence-corrected chi connectivity index (χ4v) is 3.40. The second-order valence-corrected chi connectivity index (χ2v) is 5.72. The minimum Gasteiger partial charge on any atom is -0.478 e. The maximum absolute atomic E-state index is 11.5. The number of rotatable bonds is 3. The van der Waals surface area contributed by atoms with Crippen molar-refractivity contribution in [2.75, 3.05) is 18.4 Å². The Labute approximate surface area is 118 Å². The van der Waals surface area contributed by atoms with E-state index in [0.29, 0.717) is 23.1 Å². The molecule has 0 saturated carbocycles.